The van der Waals surface area contributed by atoms with Crippen molar-refractivity contribution >= 4 is 28.7 Å². The zero-order valence-corrected chi connectivity index (χ0v) is 23.2. The number of rotatable bonds is 7. The number of carbonyl (C=O) groups excluding carboxylic acids is 2. The largest absolute Gasteiger partial charge is 0.453 e. The van der Waals surface area contributed by atoms with Gasteiger partial charge in [0.25, 0.3) is 5.91 Å². The van der Waals surface area contributed by atoms with Gasteiger partial charge in [0.15, 0.2) is 5.82 Å². The number of aromatic amines is 1. The quantitative estimate of drug-likeness (QED) is 0.253. The number of benzene rings is 2. The van der Waals surface area contributed by atoms with Gasteiger partial charge < -0.3 is 20.7 Å². The van der Waals surface area contributed by atoms with Gasteiger partial charge in [-0.3, -0.25) is 19.8 Å². The maximum atomic E-state index is 15.2. The maximum Gasteiger partial charge on any atom is 0.410 e. The topological polar surface area (TPSA) is 124 Å². The van der Waals surface area contributed by atoms with Crippen LogP contribution < -0.4 is 16.0 Å². The molecule has 5 rings (SSSR count). The summed E-state index contributed by atoms with van der Waals surface area (Å²) in [6.07, 6.45) is 0.822. The molecule has 0 bridgehead atoms. The number of halogens is 3. The third-order valence-electron chi connectivity index (χ3n) is 7.03. The Morgan fingerprint density at radius 3 is 2.57 bits per heavy atom. The van der Waals surface area contributed by atoms with Gasteiger partial charge in [0.1, 0.15) is 17.5 Å². The molecule has 1 fully saturated rings. The second kappa shape index (κ2) is 12.2. The van der Waals surface area contributed by atoms with Gasteiger partial charge in [-0.1, -0.05) is 19.9 Å². The van der Waals surface area contributed by atoms with Gasteiger partial charge in [-0.05, 0) is 41.5 Å². The van der Waals surface area contributed by atoms with E-state index in [1.165, 1.54) is 48.5 Å². The minimum atomic E-state index is -0.793. The highest BCUT2D eigenvalue weighted by molar-refractivity contribution is 6.08. The predicted octanol–water partition coefficient (Wildman–Crippen LogP) is 4.51. The van der Waals surface area contributed by atoms with Crippen molar-refractivity contribution in [2.75, 3.05) is 32.1 Å². The normalized spacial score (nSPS) is 15.3. The average Bonchev–Trinajstić information content (AvgIpc) is 3.37. The Morgan fingerprint density at radius 1 is 1.12 bits per heavy atom. The lowest BCUT2D eigenvalue weighted by Crippen LogP contribution is -2.48. The molecule has 0 radical (unpaired) electrons. The van der Waals surface area contributed by atoms with Crippen molar-refractivity contribution in [3.63, 3.8) is 0 Å². The van der Waals surface area contributed by atoms with E-state index in [2.05, 4.69) is 31.1 Å². The van der Waals surface area contributed by atoms with Crippen molar-refractivity contribution in [1.82, 2.24) is 30.7 Å². The van der Waals surface area contributed by atoms with Gasteiger partial charge in [-0.25, -0.2) is 18.0 Å². The lowest BCUT2D eigenvalue weighted by atomic mass is 10.0. The van der Waals surface area contributed by atoms with E-state index in [9.17, 15) is 9.59 Å². The van der Waals surface area contributed by atoms with Crippen LogP contribution in [0.25, 0.3) is 22.2 Å². The molecule has 0 aliphatic carbocycles. The second-order valence-electron chi connectivity index (χ2n) is 10.2. The number of anilines is 1. The lowest BCUT2D eigenvalue weighted by molar-refractivity contribution is 0.0941. The average molecular weight is 582 g/mol. The number of H-pyrrole nitrogens is 1. The lowest BCUT2D eigenvalue weighted by Gasteiger charge is -2.35. The van der Waals surface area contributed by atoms with E-state index < -0.39 is 35.5 Å². The van der Waals surface area contributed by atoms with Crippen LogP contribution in [0, 0.1) is 17.5 Å². The number of ether oxygens (including phenoxy) is 1. The molecule has 220 valence electrons. The Morgan fingerprint density at radius 2 is 1.88 bits per heavy atom. The van der Waals surface area contributed by atoms with Gasteiger partial charge in [-0.15, -0.1) is 0 Å². The van der Waals surface area contributed by atoms with Crippen LogP contribution in [0.5, 0.6) is 0 Å². The molecule has 1 unspecified atom stereocenters. The SMILES string of the molecule is COC(=O)N1CCNCC1c1ccc(C(=O)Nc2n[nH]c3cnc(-c4c(F)cc(CNC(C)C)cc4F)cc23)c(F)c1. The number of nitrogens with one attached hydrogen (secondary N) is 4. The molecule has 0 saturated carbocycles. The summed E-state index contributed by atoms with van der Waals surface area (Å²) in [5, 5.41) is 15.9. The van der Waals surface area contributed by atoms with E-state index in [1.807, 2.05) is 13.8 Å². The highest BCUT2D eigenvalue weighted by Crippen LogP contribution is 2.31. The van der Waals surface area contributed by atoms with Crippen LogP contribution >= 0.6 is 0 Å². The number of amides is 2. The fourth-order valence-corrected chi connectivity index (χ4v) is 4.88. The molecule has 1 aliphatic rings. The first-order valence-electron chi connectivity index (χ1n) is 13.4. The number of fused-ring (bicyclic) bond motifs is 1. The zero-order valence-electron chi connectivity index (χ0n) is 23.2. The van der Waals surface area contributed by atoms with Gasteiger partial charge in [0.2, 0.25) is 0 Å². The monoisotopic (exact) mass is 581 g/mol. The number of nitrogens with zero attached hydrogens (tertiary/aromatic N) is 3. The maximum absolute atomic E-state index is 15.2. The minimum absolute atomic E-state index is 0.00422. The van der Waals surface area contributed by atoms with Crippen molar-refractivity contribution in [3.05, 3.63) is 76.7 Å². The number of hydrogen-bond donors (Lipinski definition) is 4. The molecule has 1 saturated heterocycles. The Kier molecular flexibility index (Phi) is 8.41. The van der Waals surface area contributed by atoms with Crippen molar-refractivity contribution < 1.29 is 27.5 Å². The van der Waals surface area contributed by atoms with Crippen LogP contribution in [0.1, 0.15) is 41.4 Å². The summed E-state index contributed by atoms with van der Waals surface area (Å²) in [4.78, 5) is 30.9. The fraction of sp³-hybridized carbons (Fsp3) is 0.310. The summed E-state index contributed by atoms with van der Waals surface area (Å²) in [6, 6.07) is 7.68. The molecule has 4 aromatic rings. The number of carbonyl (C=O) groups is 2. The molecular formula is C29H30F3N7O3. The van der Waals surface area contributed by atoms with Crippen molar-refractivity contribution in [1.29, 1.82) is 0 Å². The molecule has 10 nitrogen and oxygen atoms in total. The standard InChI is InChI=1S/C29H30F3N7O3/c1-15(2)34-12-16-8-21(31)26(22(32)9-16)23-11-19-24(13-35-23)37-38-27(19)36-28(40)18-5-4-17(10-20(18)30)25-14-33-6-7-39(25)29(41)42-3/h4-5,8-11,13,15,25,33-34H,6-7,12,14H2,1-3H3,(H2,36,37,38,40). The van der Waals surface area contributed by atoms with E-state index in [1.54, 1.807) is 6.07 Å². The Labute approximate surface area is 239 Å². The molecular weight excluding hydrogens is 551 g/mol. The van der Waals surface area contributed by atoms with Crippen LogP contribution in [0.4, 0.5) is 23.8 Å². The van der Waals surface area contributed by atoms with E-state index in [0.717, 1.165) is 0 Å². The van der Waals surface area contributed by atoms with Gasteiger partial charge in [0.05, 0.1) is 41.7 Å². The number of pyridine rings is 1. The first kappa shape index (κ1) is 29.0. The van der Waals surface area contributed by atoms with Crippen LogP contribution in [-0.2, 0) is 11.3 Å². The van der Waals surface area contributed by atoms with E-state index in [0.29, 0.717) is 48.2 Å². The van der Waals surface area contributed by atoms with Gasteiger partial charge in [0, 0.05) is 37.6 Å². The molecule has 2 aromatic heterocycles. The summed E-state index contributed by atoms with van der Waals surface area (Å²) >= 11 is 0. The number of hydrogen-bond acceptors (Lipinski definition) is 7. The fourth-order valence-electron chi connectivity index (χ4n) is 4.88. The van der Waals surface area contributed by atoms with E-state index in [-0.39, 0.29) is 28.7 Å². The van der Waals surface area contributed by atoms with Crippen molar-refractivity contribution in [2.24, 2.45) is 0 Å². The molecule has 1 aliphatic heterocycles. The first-order valence-corrected chi connectivity index (χ1v) is 13.4. The summed E-state index contributed by atoms with van der Waals surface area (Å²) in [5.74, 6) is -3.10. The summed E-state index contributed by atoms with van der Waals surface area (Å²) in [5.41, 5.74) is 0.785. The third kappa shape index (κ3) is 5.92. The zero-order chi connectivity index (χ0) is 30.0. The molecule has 1 atom stereocenters. The van der Waals surface area contributed by atoms with Crippen LogP contribution in [0.3, 0.4) is 0 Å². The van der Waals surface area contributed by atoms with Gasteiger partial charge >= 0.3 is 6.09 Å². The number of methoxy groups -OCH3 is 1. The molecule has 4 N–H and O–H groups in total. The van der Waals surface area contributed by atoms with Crippen LogP contribution in [0.15, 0.2) is 42.6 Å². The van der Waals surface area contributed by atoms with Crippen LogP contribution in [0.2, 0.25) is 0 Å². The van der Waals surface area contributed by atoms with Crippen LogP contribution in [-0.4, -0.2) is 64.9 Å². The van der Waals surface area contributed by atoms with E-state index >= 15 is 13.2 Å². The molecule has 0 spiro atoms. The molecule has 3 heterocycles. The summed E-state index contributed by atoms with van der Waals surface area (Å²) < 4.78 is 50.0. The van der Waals surface area contributed by atoms with Gasteiger partial charge in [-0.2, -0.15) is 5.10 Å². The Hall–Kier alpha value is -4.49. The molecule has 2 amide bonds. The highest BCUT2D eigenvalue weighted by atomic mass is 19.1. The number of piperazine rings is 1. The highest BCUT2D eigenvalue weighted by Gasteiger charge is 2.29. The molecule has 42 heavy (non-hydrogen) atoms. The smallest absolute Gasteiger partial charge is 0.410 e. The minimum Gasteiger partial charge on any atom is -0.453 e. The summed E-state index contributed by atoms with van der Waals surface area (Å²) in [7, 11) is 1.28. The number of aromatic nitrogens is 3. The Bertz CT molecular complexity index is 1620. The summed E-state index contributed by atoms with van der Waals surface area (Å²) in [6.45, 7) is 5.52. The predicted molar refractivity (Wildman–Crippen MR) is 150 cm³/mol. The molecule has 2 aromatic carbocycles. The van der Waals surface area contributed by atoms with Crippen molar-refractivity contribution in [3.8, 4) is 11.3 Å². The molecule has 13 heteroatoms. The third-order valence-corrected chi connectivity index (χ3v) is 7.03. The second-order valence-corrected chi connectivity index (χ2v) is 10.2. The van der Waals surface area contributed by atoms with Crippen molar-refractivity contribution in [2.45, 2.75) is 32.5 Å². The first-order chi connectivity index (χ1) is 20.2. The van der Waals surface area contributed by atoms with E-state index in [4.69, 9.17) is 4.74 Å². The Balaban J connectivity index is 1.38.